The SMILES string of the molecule is CC(C)(C)c1ccc(C(=O)NCc2ccno2)s1. The van der Waals surface area contributed by atoms with E-state index >= 15 is 0 Å². The topological polar surface area (TPSA) is 55.1 Å². The van der Waals surface area contributed by atoms with Gasteiger partial charge in [0.15, 0.2) is 5.76 Å². The second-order valence-electron chi connectivity index (χ2n) is 5.08. The average Bonchev–Trinajstić information content (AvgIpc) is 2.96. The van der Waals surface area contributed by atoms with Crippen molar-refractivity contribution < 1.29 is 9.32 Å². The van der Waals surface area contributed by atoms with Crippen LogP contribution in [0.4, 0.5) is 0 Å². The molecule has 0 saturated carbocycles. The second-order valence-corrected chi connectivity index (χ2v) is 6.16. The van der Waals surface area contributed by atoms with E-state index in [0.29, 0.717) is 12.3 Å². The molecule has 5 heteroatoms. The minimum atomic E-state index is -0.0769. The largest absolute Gasteiger partial charge is 0.360 e. The third-order valence-electron chi connectivity index (χ3n) is 2.48. The normalized spacial score (nSPS) is 11.5. The summed E-state index contributed by atoms with van der Waals surface area (Å²) in [4.78, 5) is 13.8. The predicted octanol–water partition coefficient (Wildman–Crippen LogP) is 2.96. The van der Waals surface area contributed by atoms with Crippen molar-refractivity contribution >= 4 is 17.2 Å². The average molecular weight is 264 g/mol. The highest BCUT2D eigenvalue weighted by Gasteiger charge is 2.18. The molecule has 0 spiro atoms. The predicted molar refractivity (Wildman–Crippen MR) is 70.7 cm³/mol. The van der Waals surface area contributed by atoms with Crippen molar-refractivity contribution in [3.8, 4) is 0 Å². The van der Waals surface area contributed by atoms with Crippen LogP contribution in [0.3, 0.4) is 0 Å². The van der Waals surface area contributed by atoms with Crippen LogP contribution in [0.5, 0.6) is 0 Å². The fourth-order valence-electron chi connectivity index (χ4n) is 1.45. The van der Waals surface area contributed by atoms with Gasteiger partial charge in [-0.15, -0.1) is 11.3 Å². The Hall–Kier alpha value is -1.62. The van der Waals surface area contributed by atoms with E-state index in [4.69, 9.17) is 4.52 Å². The van der Waals surface area contributed by atoms with Gasteiger partial charge in [0.1, 0.15) is 0 Å². The molecule has 18 heavy (non-hydrogen) atoms. The fourth-order valence-corrected chi connectivity index (χ4v) is 2.43. The zero-order valence-corrected chi connectivity index (χ0v) is 11.5. The summed E-state index contributed by atoms with van der Waals surface area (Å²) in [6, 6.07) is 5.60. The molecule has 0 aromatic carbocycles. The summed E-state index contributed by atoms with van der Waals surface area (Å²) in [6.45, 7) is 6.76. The number of thiophene rings is 1. The number of hydrogen-bond acceptors (Lipinski definition) is 4. The fraction of sp³-hybridized carbons (Fsp3) is 0.385. The summed E-state index contributed by atoms with van der Waals surface area (Å²) in [5, 5.41) is 6.39. The Kier molecular flexibility index (Phi) is 3.52. The minimum Gasteiger partial charge on any atom is -0.360 e. The van der Waals surface area contributed by atoms with Crippen LogP contribution in [0, 0.1) is 0 Å². The molecule has 0 atom stereocenters. The zero-order valence-electron chi connectivity index (χ0n) is 10.7. The van der Waals surface area contributed by atoms with Crippen LogP contribution < -0.4 is 5.32 Å². The number of rotatable bonds is 3. The molecule has 0 unspecified atom stereocenters. The summed E-state index contributed by atoms with van der Waals surface area (Å²) in [6.07, 6.45) is 1.56. The Labute approximate surface area is 110 Å². The Bertz CT molecular complexity index is 523. The Morgan fingerprint density at radius 1 is 1.39 bits per heavy atom. The van der Waals surface area contributed by atoms with Gasteiger partial charge >= 0.3 is 0 Å². The summed E-state index contributed by atoms with van der Waals surface area (Å²) in [5.74, 6) is 0.572. The number of carbonyl (C=O) groups is 1. The zero-order chi connectivity index (χ0) is 13.2. The molecule has 0 aliphatic heterocycles. The lowest BCUT2D eigenvalue weighted by atomic mass is 9.95. The van der Waals surface area contributed by atoms with Crippen LogP contribution in [0.2, 0.25) is 0 Å². The second kappa shape index (κ2) is 4.94. The highest BCUT2D eigenvalue weighted by molar-refractivity contribution is 7.14. The first kappa shape index (κ1) is 12.8. The summed E-state index contributed by atoms with van der Waals surface area (Å²) >= 11 is 1.53. The van der Waals surface area contributed by atoms with Crippen molar-refractivity contribution in [2.45, 2.75) is 32.7 Å². The van der Waals surface area contributed by atoms with Gasteiger partial charge in [-0.1, -0.05) is 25.9 Å². The number of carbonyl (C=O) groups excluding carboxylic acids is 1. The number of hydrogen-bond donors (Lipinski definition) is 1. The first-order valence-electron chi connectivity index (χ1n) is 5.75. The lowest BCUT2D eigenvalue weighted by molar-refractivity contribution is 0.0951. The van der Waals surface area contributed by atoms with Gasteiger partial charge in [0.05, 0.1) is 17.6 Å². The summed E-state index contributed by atoms with van der Waals surface area (Å²) in [7, 11) is 0. The number of nitrogens with one attached hydrogen (secondary N) is 1. The van der Waals surface area contributed by atoms with Crippen LogP contribution >= 0.6 is 11.3 Å². The lowest BCUT2D eigenvalue weighted by Gasteiger charge is -2.15. The maximum atomic E-state index is 11.9. The van der Waals surface area contributed by atoms with Crippen molar-refractivity contribution in [1.29, 1.82) is 0 Å². The molecule has 2 heterocycles. The molecular formula is C13H16N2O2S. The molecule has 96 valence electrons. The third-order valence-corrected chi connectivity index (χ3v) is 3.99. The van der Waals surface area contributed by atoms with Gasteiger partial charge in [0.2, 0.25) is 0 Å². The van der Waals surface area contributed by atoms with E-state index in [9.17, 15) is 4.79 Å². The first-order valence-corrected chi connectivity index (χ1v) is 6.56. The molecule has 1 N–H and O–H groups in total. The van der Waals surface area contributed by atoms with Gasteiger partial charge in [0.25, 0.3) is 5.91 Å². The van der Waals surface area contributed by atoms with Gasteiger partial charge in [-0.3, -0.25) is 4.79 Å². The molecule has 0 aliphatic rings. The van der Waals surface area contributed by atoms with Crippen molar-refractivity contribution in [3.05, 3.63) is 39.9 Å². The molecule has 2 rings (SSSR count). The molecule has 0 saturated heterocycles. The molecule has 4 nitrogen and oxygen atoms in total. The van der Waals surface area contributed by atoms with Crippen LogP contribution in [0.25, 0.3) is 0 Å². The highest BCUT2D eigenvalue weighted by atomic mass is 32.1. The van der Waals surface area contributed by atoms with Crippen molar-refractivity contribution in [2.75, 3.05) is 0 Å². The molecule has 0 radical (unpaired) electrons. The van der Waals surface area contributed by atoms with E-state index in [2.05, 4.69) is 31.2 Å². The quantitative estimate of drug-likeness (QED) is 0.927. The lowest BCUT2D eigenvalue weighted by Crippen LogP contribution is -2.21. The monoisotopic (exact) mass is 264 g/mol. The van der Waals surface area contributed by atoms with Gasteiger partial charge in [0, 0.05) is 10.9 Å². The van der Waals surface area contributed by atoms with Gasteiger partial charge in [-0.25, -0.2) is 0 Å². The van der Waals surface area contributed by atoms with E-state index in [1.807, 2.05) is 12.1 Å². The van der Waals surface area contributed by atoms with Gasteiger partial charge < -0.3 is 9.84 Å². The van der Waals surface area contributed by atoms with Gasteiger partial charge in [-0.2, -0.15) is 0 Å². The van der Waals surface area contributed by atoms with Crippen LogP contribution in [-0.2, 0) is 12.0 Å². The van der Waals surface area contributed by atoms with Crippen molar-refractivity contribution in [2.24, 2.45) is 0 Å². The minimum absolute atomic E-state index is 0.0769. The van der Waals surface area contributed by atoms with E-state index in [0.717, 1.165) is 4.88 Å². The maximum Gasteiger partial charge on any atom is 0.261 e. The Balaban J connectivity index is 1.99. The maximum absolute atomic E-state index is 11.9. The van der Waals surface area contributed by atoms with Crippen molar-refractivity contribution in [3.63, 3.8) is 0 Å². The van der Waals surface area contributed by atoms with Crippen LogP contribution in [0.1, 0.15) is 41.1 Å². The highest BCUT2D eigenvalue weighted by Crippen LogP contribution is 2.29. The van der Waals surface area contributed by atoms with Crippen molar-refractivity contribution in [1.82, 2.24) is 10.5 Å². The number of amides is 1. The van der Waals surface area contributed by atoms with Gasteiger partial charge in [-0.05, 0) is 17.5 Å². The third kappa shape index (κ3) is 2.98. The number of aromatic nitrogens is 1. The molecule has 0 aliphatic carbocycles. The summed E-state index contributed by atoms with van der Waals surface area (Å²) < 4.78 is 4.92. The Morgan fingerprint density at radius 3 is 2.72 bits per heavy atom. The smallest absolute Gasteiger partial charge is 0.261 e. The van der Waals surface area contributed by atoms with E-state index < -0.39 is 0 Å². The molecule has 2 aromatic heterocycles. The van der Waals surface area contributed by atoms with E-state index in [-0.39, 0.29) is 11.3 Å². The summed E-state index contributed by atoms with van der Waals surface area (Å²) in [5.41, 5.74) is 0.0775. The van der Waals surface area contributed by atoms with Crippen LogP contribution in [-0.4, -0.2) is 11.1 Å². The molecule has 0 bridgehead atoms. The molecular weight excluding hydrogens is 248 g/mol. The van der Waals surface area contributed by atoms with E-state index in [1.54, 1.807) is 12.3 Å². The Morgan fingerprint density at radius 2 is 2.17 bits per heavy atom. The molecule has 2 aromatic rings. The number of nitrogens with zero attached hydrogens (tertiary/aromatic N) is 1. The molecule has 1 amide bonds. The first-order chi connectivity index (χ1) is 8.47. The standard InChI is InChI=1S/C13H16N2O2S/c1-13(2,3)11-5-4-10(18-11)12(16)14-8-9-6-7-15-17-9/h4-7H,8H2,1-3H3,(H,14,16). The molecule has 0 fully saturated rings. The van der Waals surface area contributed by atoms with E-state index in [1.165, 1.54) is 16.2 Å². The van der Waals surface area contributed by atoms with Crippen LogP contribution in [0.15, 0.2) is 28.9 Å².